The van der Waals surface area contributed by atoms with E-state index in [1.54, 1.807) is 13.0 Å². The summed E-state index contributed by atoms with van der Waals surface area (Å²) in [6.45, 7) is 5.62. The van der Waals surface area contributed by atoms with Crippen molar-refractivity contribution < 1.29 is 14.3 Å². The first-order valence-corrected chi connectivity index (χ1v) is 6.58. The number of hydrogen-bond acceptors (Lipinski definition) is 3. The lowest BCUT2D eigenvalue weighted by molar-refractivity contribution is -0.144. The van der Waals surface area contributed by atoms with Crippen molar-refractivity contribution in [3.8, 4) is 0 Å². The highest BCUT2D eigenvalue weighted by Crippen LogP contribution is 2.39. The zero-order chi connectivity index (χ0) is 13.3. The van der Waals surface area contributed by atoms with E-state index < -0.39 is 0 Å². The van der Waals surface area contributed by atoms with Crippen LogP contribution in [0.25, 0.3) is 0 Å². The minimum absolute atomic E-state index is 0.00501. The van der Waals surface area contributed by atoms with E-state index in [1.165, 1.54) is 5.57 Å². The maximum absolute atomic E-state index is 11.6. The Labute approximate surface area is 108 Å². The maximum atomic E-state index is 11.6. The van der Waals surface area contributed by atoms with Crippen molar-refractivity contribution in [2.45, 2.75) is 39.7 Å². The Hall–Kier alpha value is -1.38. The van der Waals surface area contributed by atoms with Crippen LogP contribution >= 0.6 is 0 Å². The molecule has 98 valence electrons. The fraction of sp³-hybridized carbons (Fsp3) is 0.600. The average Bonchev–Trinajstić information content (AvgIpc) is 2.46. The molecule has 1 aliphatic carbocycles. The number of carbonyl (C=O) groups is 2. The minimum Gasteiger partial charge on any atom is -0.462 e. The topological polar surface area (TPSA) is 43.4 Å². The second-order valence-electron chi connectivity index (χ2n) is 5.45. The van der Waals surface area contributed by atoms with E-state index in [0.717, 1.165) is 12.8 Å². The van der Waals surface area contributed by atoms with Crippen LogP contribution in [0.4, 0.5) is 0 Å². The van der Waals surface area contributed by atoms with E-state index in [0.29, 0.717) is 11.8 Å². The molecule has 2 aliphatic rings. The summed E-state index contributed by atoms with van der Waals surface area (Å²) in [5.74, 6) is 0.618. The average molecular weight is 248 g/mol. The molecule has 1 heterocycles. The summed E-state index contributed by atoms with van der Waals surface area (Å²) in [6, 6.07) is 0. The van der Waals surface area contributed by atoms with Gasteiger partial charge in [-0.25, -0.2) is 0 Å². The van der Waals surface area contributed by atoms with Gasteiger partial charge in [-0.1, -0.05) is 26.0 Å². The van der Waals surface area contributed by atoms with E-state index in [4.69, 9.17) is 4.74 Å². The molecule has 2 rings (SSSR count). The molecular weight excluding hydrogens is 228 g/mol. The predicted molar refractivity (Wildman–Crippen MR) is 68.8 cm³/mol. The van der Waals surface area contributed by atoms with Gasteiger partial charge in [0.2, 0.25) is 0 Å². The first-order valence-electron chi connectivity index (χ1n) is 6.58. The summed E-state index contributed by atoms with van der Waals surface area (Å²) in [6.07, 6.45) is 7.43. The molecule has 4 atom stereocenters. The van der Waals surface area contributed by atoms with Crippen LogP contribution in [0, 0.1) is 17.8 Å². The second kappa shape index (κ2) is 5.09. The number of ketones is 1. The van der Waals surface area contributed by atoms with Crippen LogP contribution in [0.5, 0.6) is 0 Å². The van der Waals surface area contributed by atoms with Gasteiger partial charge in [0.15, 0.2) is 5.78 Å². The summed E-state index contributed by atoms with van der Waals surface area (Å²) in [4.78, 5) is 22.5. The molecule has 3 nitrogen and oxygen atoms in total. The minimum atomic E-state index is -0.0617. The predicted octanol–water partition coefficient (Wildman–Crippen LogP) is 2.67. The quantitative estimate of drug-likeness (QED) is 0.557. The van der Waals surface area contributed by atoms with Crippen LogP contribution in [0.3, 0.4) is 0 Å². The molecule has 18 heavy (non-hydrogen) atoms. The van der Waals surface area contributed by atoms with E-state index in [1.807, 2.05) is 13.0 Å². The zero-order valence-electron chi connectivity index (χ0n) is 11.2. The molecule has 0 bridgehead atoms. The molecule has 1 aliphatic heterocycles. The van der Waals surface area contributed by atoms with Crippen molar-refractivity contribution in [1.82, 2.24) is 0 Å². The van der Waals surface area contributed by atoms with Crippen molar-refractivity contribution in [1.29, 1.82) is 0 Å². The molecule has 1 fully saturated rings. The van der Waals surface area contributed by atoms with Crippen LogP contribution < -0.4 is 0 Å². The largest absolute Gasteiger partial charge is 0.462 e. The lowest BCUT2D eigenvalue weighted by atomic mass is 9.87. The van der Waals surface area contributed by atoms with Crippen LogP contribution in [0.1, 0.15) is 33.6 Å². The summed E-state index contributed by atoms with van der Waals surface area (Å²) >= 11 is 0. The van der Waals surface area contributed by atoms with E-state index >= 15 is 0 Å². The first-order chi connectivity index (χ1) is 8.49. The fourth-order valence-electron chi connectivity index (χ4n) is 2.82. The van der Waals surface area contributed by atoms with Gasteiger partial charge in [-0.3, -0.25) is 9.59 Å². The Morgan fingerprint density at radius 1 is 1.44 bits per heavy atom. The molecule has 0 amide bonds. The number of rotatable bonds is 2. The third kappa shape index (κ3) is 2.55. The fourth-order valence-corrected chi connectivity index (χ4v) is 2.82. The van der Waals surface area contributed by atoms with Crippen molar-refractivity contribution in [2.24, 2.45) is 17.8 Å². The van der Waals surface area contributed by atoms with Gasteiger partial charge in [-0.05, 0) is 37.3 Å². The molecule has 0 saturated carbocycles. The highest BCUT2D eigenvalue weighted by molar-refractivity contribution is 5.87. The van der Waals surface area contributed by atoms with Crippen molar-refractivity contribution in [3.05, 3.63) is 23.8 Å². The smallest absolute Gasteiger partial charge is 0.309 e. The zero-order valence-corrected chi connectivity index (χ0v) is 11.2. The standard InChI is InChI=1S/C15H20O3/c1-9-8-14-13(11(3)15(17)18-14)7-6-12(9)5-4-10(2)16/h4-6,9,11,13-14H,7-8H2,1-3H3/b5-4+/t9-,11-,13+,14+/m0/s1. The Balaban J connectivity index is 2.15. The summed E-state index contributed by atoms with van der Waals surface area (Å²) in [5.41, 5.74) is 1.18. The molecule has 0 N–H and O–H groups in total. The lowest BCUT2D eigenvalue weighted by Crippen LogP contribution is -2.19. The Morgan fingerprint density at radius 2 is 2.17 bits per heavy atom. The molecule has 0 spiro atoms. The third-order valence-corrected chi connectivity index (χ3v) is 4.05. The molecule has 3 heteroatoms. The van der Waals surface area contributed by atoms with Gasteiger partial charge in [-0.2, -0.15) is 0 Å². The van der Waals surface area contributed by atoms with Crippen LogP contribution in [-0.2, 0) is 14.3 Å². The number of fused-ring (bicyclic) bond motifs is 1. The second-order valence-corrected chi connectivity index (χ2v) is 5.45. The Bertz CT molecular complexity index is 419. The van der Waals surface area contributed by atoms with Gasteiger partial charge in [0.1, 0.15) is 6.10 Å². The molecule has 0 aromatic carbocycles. The summed E-state index contributed by atoms with van der Waals surface area (Å²) in [7, 11) is 0. The van der Waals surface area contributed by atoms with E-state index in [9.17, 15) is 9.59 Å². The van der Waals surface area contributed by atoms with Crippen molar-refractivity contribution in [2.75, 3.05) is 0 Å². The monoisotopic (exact) mass is 248 g/mol. The molecule has 1 saturated heterocycles. The number of hydrogen-bond donors (Lipinski definition) is 0. The molecular formula is C15H20O3. The highest BCUT2D eigenvalue weighted by Gasteiger charge is 2.42. The van der Waals surface area contributed by atoms with Gasteiger partial charge in [0, 0.05) is 5.92 Å². The molecule has 0 aromatic heterocycles. The molecule has 0 radical (unpaired) electrons. The van der Waals surface area contributed by atoms with Crippen molar-refractivity contribution >= 4 is 11.8 Å². The third-order valence-electron chi connectivity index (χ3n) is 4.05. The van der Waals surface area contributed by atoms with Gasteiger partial charge in [0.05, 0.1) is 5.92 Å². The SMILES string of the molecule is CC(=O)/C=C/C1=CC[C@@H]2[C@H](C)C(=O)O[C@@H]2C[C@@H]1C. The van der Waals surface area contributed by atoms with Gasteiger partial charge in [0.25, 0.3) is 0 Å². The number of ether oxygens (including phenoxy) is 1. The molecule has 0 unspecified atom stereocenters. The van der Waals surface area contributed by atoms with Gasteiger partial charge < -0.3 is 4.74 Å². The number of esters is 1. The van der Waals surface area contributed by atoms with Gasteiger partial charge in [-0.15, -0.1) is 0 Å². The number of allylic oxidation sites excluding steroid dienone is 4. The van der Waals surface area contributed by atoms with Crippen LogP contribution in [0.15, 0.2) is 23.8 Å². The highest BCUT2D eigenvalue weighted by atomic mass is 16.6. The molecule has 0 aromatic rings. The lowest BCUT2D eigenvalue weighted by Gasteiger charge is -2.17. The summed E-state index contributed by atoms with van der Waals surface area (Å²) in [5, 5.41) is 0. The van der Waals surface area contributed by atoms with E-state index in [-0.39, 0.29) is 23.8 Å². The van der Waals surface area contributed by atoms with E-state index in [2.05, 4.69) is 13.0 Å². The summed E-state index contributed by atoms with van der Waals surface area (Å²) < 4.78 is 5.44. The maximum Gasteiger partial charge on any atom is 0.309 e. The normalized spacial score (nSPS) is 35.9. The van der Waals surface area contributed by atoms with Crippen molar-refractivity contribution in [3.63, 3.8) is 0 Å². The Morgan fingerprint density at radius 3 is 2.83 bits per heavy atom. The Kier molecular flexibility index (Phi) is 3.69. The van der Waals surface area contributed by atoms with Gasteiger partial charge >= 0.3 is 5.97 Å². The van der Waals surface area contributed by atoms with Crippen LogP contribution in [-0.4, -0.2) is 17.9 Å². The van der Waals surface area contributed by atoms with Crippen LogP contribution in [0.2, 0.25) is 0 Å². The number of carbonyl (C=O) groups excluding carboxylic acids is 2. The first kappa shape index (κ1) is 13.1.